The zero-order valence-electron chi connectivity index (χ0n) is 8.75. The number of nitrogens with zero attached hydrogens (tertiary/aromatic N) is 2. The van der Waals surface area contributed by atoms with Crippen LogP contribution in [-0.2, 0) is 6.42 Å². The number of aryl methyl sites for hydroxylation is 1. The van der Waals surface area contributed by atoms with Gasteiger partial charge in [-0.15, -0.1) is 0 Å². The molecule has 1 aliphatic rings. The van der Waals surface area contributed by atoms with Gasteiger partial charge in [0.25, 0.3) is 0 Å². The second-order valence-electron chi connectivity index (χ2n) is 4.74. The van der Waals surface area contributed by atoms with Crippen molar-refractivity contribution in [3.05, 3.63) is 24.0 Å². The molecule has 72 valence electrons. The first kappa shape index (κ1) is 8.67. The molecule has 0 aromatic carbocycles. The molecular formula is C11H18N2. The lowest BCUT2D eigenvalue weighted by Gasteiger charge is -2.42. The molecule has 0 N–H and O–H groups in total. The summed E-state index contributed by atoms with van der Waals surface area (Å²) in [6, 6.07) is 4.36. The summed E-state index contributed by atoms with van der Waals surface area (Å²) in [4.78, 5) is 0. The molecule has 0 bridgehead atoms. The van der Waals surface area contributed by atoms with E-state index in [1.807, 2.05) is 0 Å². The predicted molar refractivity (Wildman–Crippen MR) is 55.6 cm³/mol. The molecule has 0 saturated heterocycles. The molecule has 1 aromatic heterocycles. The molecule has 0 atom stereocenters. The molecule has 1 aliphatic heterocycles. The Bertz CT molecular complexity index is 293. The van der Waals surface area contributed by atoms with Crippen LogP contribution in [0.2, 0.25) is 0 Å². The number of fused-ring (bicyclic) bond motifs is 1. The highest BCUT2D eigenvalue weighted by Gasteiger charge is 2.25. The van der Waals surface area contributed by atoms with E-state index in [9.17, 15) is 0 Å². The van der Waals surface area contributed by atoms with E-state index in [0.29, 0.717) is 0 Å². The van der Waals surface area contributed by atoms with Gasteiger partial charge in [0.15, 0.2) is 0 Å². The maximum Gasteiger partial charge on any atom is 0.0479 e. The minimum absolute atomic E-state index is 0.230. The maximum atomic E-state index is 2.44. The van der Waals surface area contributed by atoms with Gasteiger partial charge in [-0.1, -0.05) is 0 Å². The quantitative estimate of drug-likeness (QED) is 0.591. The monoisotopic (exact) mass is 178 g/mol. The third-order valence-electron chi connectivity index (χ3n) is 2.65. The van der Waals surface area contributed by atoms with Gasteiger partial charge in [0.1, 0.15) is 0 Å². The van der Waals surface area contributed by atoms with Crippen molar-refractivity contribution in [2.24, 2.45) is 0 Å². The van der Waals surface area contributed by atoms with Crippen LogP contribution in [0.15, 0.2) is 18.3 Å². The molecule has 13 heavy (non-hydrogen) atoms. The van der Waals surface area contributed by atoms with Gasteiger partial charge in [-0.3, -0.25) is 4.68 Å². The normalized spacial score (nSPS) is 17.3. The van der Waals surface area contributed by atoms with Gasteiger partial charge in [-0.2, -0.15) is 0 Å². The Labute approximate surface area is 80.1 Å². The van der Waals surface area contributed by atoms with Gasteiger partial charge < -0.3 is 5.01 Å². The van der Waals surface area contributed by atoms with Crippen LogP contribution in [0.5, 0.6) is 0 Å². The third-order valence-corrected chi connectivity index (χ3v) is 2.65. The van der Waals surface area contributed by atoms with E-state index in [0.717, 1.165) is 0 Å². The van der Waals surface area contributed by atoms with Crippen molar-refractivity contribution in [3.63, 3.8) is 0 Å². The predicted octanol–water partition coefficient (Wildman–Crippen LogP) is 2.17. The number of rotatable bonds is 0. The topological polar surface area (TPSA) is 8.17 Å². The van der Waals surface area contributed by atoms with E-state index in [-0.39, 0.29) is 5.54 Å². The minimum Gasteiger partial charge on any atom is -0.308 e. The highest BCUT2D eigenvalue weighted by atomic mass is 15.6. The fraction of sp³-hybridized carbons (Fsp3) is 0.636. The van der Waals surface area contributed by atoms with Crippen LogP contribution in [0.4, 0.5) is 0 Å². The first-order chi connectivity index (χ1) is 6.09. The molecule has 0 unspecified atom stereocenters. The summed E-state index contributed by atoms with van der Waals surface area (Å²) >= 11 is 0. The fourth-order valence-electron chi connectivity index (χ4n) is 2.02. The molecular weight excluding hydrogens is 160 g/mol. The highest BCUT2D eigenvalue weighted by Crippen LogP contribution is 2.20. The Hall–Kier alpha value is -0.920. The number of hydrogen-bond acceptors (Lipinski definition) is 1. The Morgan fingerprint density at radius 1 is 1.31 bits per heavy atom. The van der Waals surface area contributed by atoms with Crippen molar-refractivity contribution in [1.82, 2.24) is 4.68 Å². The Morgan fingerprint density at radius 2 is 2.08 bits per heavy atom. The van der Waals surface area contributed by atoms with Gasteiger partial charge >= 0.3 is 0 Å². The molecule has 0 aliphatic carbocycles. The van der Waals surface area contributed by atoms with Crippen molar-refractivity contribution in [2.45, 2.75) is 39.2 Å². The van der Waals surface area contributed by atoms with Gasteiger partial charge in [-0.25, -0.2) is 0 Å². The first-order valence-corrected chi connectivity index (χ1v) is 5.03. The van der Waals surface area contributed by atoms with Crippen LogP contribution < -0.4 is 5.01 Å². The van der Waals surface area contributed by atoms with Crippen molar-refractivity contribution < 1.29 is 0 Å². The van der Waals surface area contributed by atoms with Gasteiger partial charge in [0.05, 0.1) is 0 Å². The van der Waals surface area contributed by atoms with E-state index in [4.69, 9.17) is 0 Å². The zero-order chi connectivity index (χ0) is 9.47. The Morgan fingerprint density at radius 3 is 2.77 bits per heavy atom. The van der Waals surface area contributed by atoms with Crippen molar-refractivity contribution >= 4 is 0 Å². The fourth-order valence-corrected chi connectivity index (χ4v) is 2.02. The average Bonchev–Trinajstić information content (AvgIpc) is 2.48. The van der Waals surface area contributed by atoms with Crippen LogP contribution in [0, 0.1) is 0 Å². The lowest BCUT2D eigenvalue weighted by molar-refractivity contribution is 0.365. The lowest BCUT2D eigenvalue weighted by atomic mass is 10.1. The summed E-state index contributed by atoms with van der Waals surface area (Å²) in [6.07, 6.45) is 4.67. The van der Waals surface area contributed by atoms with Crippen molar-refractivity contribution in [1.29, 1.82) is 0 Å². The molecule has 2 heterocycles. The smallest absolute Gasteiger partial charge is 0.0479 e. The summed E-state index contributed by atoms with van der Waals surface area (Å²) in [5, 5.41) is 2.44. The lowest BCUT2D eigenvalue weighted by Crippen LogP contribution is -2.51. The van der Waals surface area contributed by atoms with Gasteiger partial charge in [0, 0.05) is 24.0 Å². The molecule has 0 fully saturated rings. The third kappa shape index (κ3) is 1.45. The van der Waals surface area contributed by atoms with Gasteiger partial charge in [0.2, 0.25) is 0 Å². The van der Waals surface area contributed by atoms with Crippen LogP contribution in [0.1, 0.15) is 32.9 Å². The zero-order valence-corrected chi connectivity index (χ0v) is 8.75. The number of aromatic nitrogens is 1. The molecule has 1 aromatic rings. The molecule has 0 radical (unpaired) electrons. The first-order valence-electron chi connectivity index (χ1n) is 5.03. The summed E-state index contributed by atoms with van der Waals surface area (Å²) in [5.74, 6) is 0. The largest absolute Gasteiger partial charge is 0.308 e. The standard InChI is InChI=1S/C11H18N2/c1-11(2,3)13-9-5-7-10-6-4-8-12(10)13/h4,6,8H,5,7,9H2,1-3H3. The number of hydrogen-bond donors (Lipinski definition) is 0. The summed E-state index contributed by atoms with van der Waals surface area (Å²) < 4.78 is 2.31. The molecule has 0 spiro atoms. The van der Waals surface area contributed by atoms with E-state index in [2.05, 4.69) is 48.8 Å². The van der Waals surface area contributed by atoms with E-state index >= 15 is 0 Å². The average molecular weight is 178 g/mol. The Kier molecular flexibility index (Phi) is 1.86. The molecule has 2 rings (SSSR count). The maximum absolute atomic E-state index is 2.44. The van der Waals surface area contributed by atoms with E-state index in [1.54, 1.807) is 0 Å². The van der Waals surface area contributed by atoms with Gasteiger partial charge in [-0.05, 0) is 45.7 Å². The molecule has 0 saturated carbocycles. The van der Waals surface area contributed by atoms with Crippen LogP contribution in [0.3, 0.4) is 0 Å². The SMILES string of the molecule is CC(C)(C)N1CCCc2cccn21. The molecule has 2 heteroatoms. The van der Waals surface area contributed by atoms with Crippen LogP contribution in [0.25, 0.3) is 0 Å². The second-order valence-corrected chi connectivity index (χ2v) is 4.74. The van der Waals surface area contributed by atoms with E-state index in [1.165, 1.54) is 25.1 Å². The molecule has 2 nitrogen and oxygen atoms in total. The molecule has 0 amide bonds. The van der Waals surface area contributed by atoms with Crippen molar-refractivity contribution in [2.75, 3.05) is 11.6 Å². The summed E-state index contributed by atoms with van der Waals surface area (Å²) in [6.45, 7) is 7.97. The van der Waals surface area contributed by atoms with Crippen LogP contribution >= 0.6 is 0 Å². The summed E-state index contributed by atoms with van der Waals surface area (Å²) in [7, 11) is 0. The summed E-state index contributed by atoms with van der Waals surface area (Å²) in [5.41, 5.74) is 1.68. The van der Waals surface area contributed by atoms with E-state index < -0.39 is 0 Å². The van der Waals surface area contributed by atoms with Crippen molar-refractivity contribution in [3.8, 4) is 0 Å². The van der Waals surface area contributed by atoms with Crippen LogP contribution in [-0.4, -0.2) is 16.8 Å². The Balaban J connectivity index is 2.35. The highest BCUT2D eigenvalue weighted by molar-refractivity contribution is 5.16. The minimum atomic E-state index is 0.230. The second kappa shape index (κ2) is 2.79.